The van der Waals surface area contributed by atoms with Gasteiger partial charge in [-0.1, -0.05) is 10.7 Å². The monoisotopic (exact) mass is 200 g/mol. The van der Waals surface area contributed by atoms with Gasteiger partial charge in [0.15, 0.2) is 12.4 Å². The quantitative estimate of drug-likeness (QED) is 0.727. The second kappa shape index (κ2) is 4.32. The lowest BCUT2D eigenvalue weighted by atomic mass is 10.3. The van der Waals surface area contributed by atoms with E-state index in [4.69, 9.17) is 0 Å². The van der Waals surface area contributed by atoms with Crippen molar-refractivity contribution in [2.75, 3.05) is 5.43 Å². The van der Waals surface area contributed by atoms with Crippen LogP contribution in [0.25, 0.3) is 0 Å². The smallest absolute Gasteiger partial charge is 0.264 e. The summed E-state index contributed by atoms with van der Waals surface area (Å²) in [6, 6.07) is 9.00. The molecule has 0 aliphatic rings. The summed E-state index contributed by atoms with van der Waals surface area (Å²) in [6.45, 7) is 0. The molecule has 0 aromatic carbocycles. The lowest BCUT2D eigenvalue weighted by Crippen LogP contribution is -2.47. The third kappa shape index (κ3) is 2.37. The summed E-state index contributed by atoms with van der Waals surface area (Å²) in [6.07, 6.45) is 6.67. The molecule has 0 bridgehead atoms. The summed E-state index contributed by atoms with van der Waals surface area (Å²) >= 11 is 0. The molecule has 4 heteroatoms. The predicted molar refractivity (Wildman–Crippen MR) is 54.6 cm³/mol. The van der Waals surface area contributed by atoms with Gasteiger partial charge in [0, 0.05) is 24.5 Å². The lowest BCUT2D eigenvalue weighted by Gasteiger charge is -1.97. The van der Waals surface area contributed by atoms with Crippen molar-refractivity contribution in [1.82, 2.24) is 4.98 Å². The maximum Gasteiger partial charge on any atom is 0.306 e. The molecule has 2 aromatic heterocycles. The first-order valence-corrected chi connectivity index (χ1v) is 4.54. The van der Waals surface area contributed by atoms with Crippen LogP contribution in [0.2, 0.25) is 0 Å². The van der Waals surface area contributed by atoms with Gasteiger partial charge in [0.1, 0.15) is 0 Å². The van der Waals surface area contributed by atoms with Crippen LogP contribution in [0, 0.1) is 0 Å². The van der Waals surface area contributed by atoms with Crippen LogP contribution in [0.4, 0.5) is 0 Å². The SMILES string of the molecule is O=C(N[n+]1ccccc1)c1cccnc1. The molecule has 0 saturated heterocycles. The molecule has 0 fully saturated rings. The first kappa shape index (κ1) is 9.33. The van der Waals surface area contributed by atoms with Crippen molar-refractivity contribution >= 4 is 5.91 Å². The molecular formula is C11H10N3O+. The number of carbonyl (C=O) groups is 1. The molecule has 0 spiro atoms. The highest BCUT2D eigenvalue weighted by atomic mass is 16.2. The predicted octanol–water partition coefficient (Wildman–Crippen LogP) is 0.753. The summed E-state index contributed by atoms with van der Waals surface area (Å²) in [7, 11) is 0. The third-order valence-electron chi connectivity index (χ3n) is 1.87. The second-order valence-electron chi connectivity index (χ2n) is 2.97. The van der Waals surface area contributed by atoms with Crippen molar-refractivity contribution in [1.29, 1.82) is 0 Å². The molecular weight excluding hydrogens is 190 g/mol. The highest BCUT2D eigenvalue weighted by Crippen LogP contribution is 1.94. The van der Waals surface area contributed by atoms with Gasteiger partial charge in [-0.25, -0.2) is 0 Å². The Labute approximate surface area is 87.2 Å². The van der Waals surface area contributed by atoms with E-state index < -0.39 is 0 Å². The number of hydrogen-bond donors (Lipinski definition) is 1. The molecule has 15 heavy (non-hydrogen) atoms. The van der Waals surface area contributed by atoms with Crippen LogP contribution < -0.4 is 10.1 Å². The molecule has 0 aliphatic heterocycles. The Kier molecular flexibility index (Phi) is 2.69. The third-order valence-corrected chi connectivity index (χ3v) is 1.87. The van der Waals surface area contributed by atoms with E-state index in [0.29, 0.717) is 5.56 Å². The highest BCUT2D eigenvalue weighted by Gasteiger charge is 2.08. The van der Waals surface area contributed by atoms with E-state index in [0.717, 1.165) is 0 Å². The molecule has 2 aromatic rings. The van der Waals surface area contributed by atoms with Gasteiger partial charge in [-0.2, -0.15) is 0 Å². The average molecular weight is 200 g/mol. The standard InChI is InChI=1S/C11H9N3O/c15-11(10-5-4-6-12-9-10)13-14-7-2-1-3-8-14/h1-9H/p+1. The Morgan fingerprint density at radius 3 is 2.67 bits per heavy atom. The number of aromatic nitrogens is 2. The van der Waals surface area contributed by atoms with Crippen molar-refractivity contribution < 1.29 is 9.47 Å². The Morgan fingerprint density at radius 1 is 1.20 bits per heavy atom. The minimum Gasteiger partial charge on any atom is -0.264 e. The van der Waals surface area contributed by atoms with Gasteiger partial charge in [0.25, 0.3) is 0 Å². The maximum atomic E-state index is 11.6. The zero-order valence-corrected chi connectivity index (χ0v) is 8.00. The zero-order valence-electron chi connectivity index (χ0n) is 8.00. The van der Waals surface area contributed by atoms with E-state index in [2.05, 4.69) is 10.4 Å². The Bertz CT molecular complexity index is 442. The fourth-order valence-electron chi connectivity index (χ4n) is 1.15. The summed E-state index contributed by atoms with van der Waals surface area (Å²) in [5, 5.41) is 0. The molecule has 0 unspecified atom stereocenters. The normalized spacial score (nSPS) is 9.60. The van der Waals surface area contributed by atoms with Gasteiger partial charge in [0.05, 0.1) is 5.56 Å². The van der Waals surface area contributed by atoms with Crippen LogP contribution in [0.15, 0.2) is 55.1 Å². The maximum absolute atomic E-state index is 11.6. The number of rotatable bonds is 2. The first-order chi connectivity index (χ1) is 7.36. The minimum atomic E-state index is -0.181. The molecule has 74 valence electrons. The molecule has 1 N–H and O–H groups in total. The molecule has 1 amide bonds. The van der Waals surface area contributed by atoms with E-state index in [-0.39, 0.29) is 5.91 Å². The van der Waals surface area contributed by atoms with Gasteiger partial charge in [-0.3, -0.25) is 9.78 Å². The number of nitrogens with zero attached hydrogens (tertiary/aromatic N) is 2. The molecule has 0 radical (unpaired) electrons. The topological polar surface area (TPSA) is 45.9 Å². The second-order valence-corrected chi connectivity index (χ2v) is 2.97. The fourth-order valence-corrected chi connectivity index (χ4v) is 1.15. The summed E-state index contributed by atoms with van der Waals surface area (Å²) in [4.78, 5) is 15.5. The fraction of sp³-hybridized carbons (Fsp3) is 0. The Balaban J connectivity index is 2.12. The molecule has 2 heterocycles. The van der Waals surface area contributed by atoms with Crippen molar-refractivity contribution in [2.45, 2.75) is 0 Å². The minimum absolute atomic E-state index is 0.181. The van der Waals surface area contributed by atoms with Crippen LogP contribution in [-0.2, 0) is 0 Å². The number of amides is 1. The number of hydrogen-bond acceptors (Lipinski definition) is 2. The van der Waals surface area contributed by atoms with Crippen molar-refractivity contribution in [3.05, 3.63) is 60.7 Å². The number of nitrogens with one attached hydrogen (secondary N) is 1. The molecule has 0 atom stereocenters. The highest BCUT2D eigenvalue weighted by molar-refractivity contribution is 5.98. The van der Waals surface area contributed by atoms with E-state index >= 15 is 0 Å². The van der Waals surface area contributed by atoms with Gasteiger partial charge < -0.3 is 0 Å². The van der Waals surface area contributed by atoms with E-state index in [1.807, 2.05) is 18.2 Å². The molecule has 4 nitrogen and oxygen atoms in total. The Hall–Kier alpha value is -2.23. The average Bonchev–Trinajstić information content (AvgIpc) is 2.31. The largest absolute Gasteiger partial charge is 0.306 e. The van der Waals surface area contributed by atoms with Crippen LogP contribution in [0.3, 0.4) is 0 Å². The summed E-state index contributed by atoms with van der Waals surface area (Å²) in [5.74, 6) is -0.181. The van der Waals surface area contributed by atoms with Crippen LogP contribution in [0.5, 0.6) is 0 Å². The number of carbonyl (C=O) groups excluding carboxylic acids is 1. The van der Waals surface area contributed by atoms with Crippen molar-refractivity contribution in [3.8, 4) is 0 Å². The first-order valence-electron chi connectivity index (χ1n) is 4.54. The summed E-state index contributed by atoms with van der Waals surface area (Å²) in [5.41, 5.74) is 3.23. The van der Waals surface area contributed by atoms with Gasteiger partial charge in [0.2, 0.25) is 0 Å². The van der Waals surface area contributed by atoms with Crippen molar-refractivity contribution in [3.63, 3.8) is 0 Å². The van der Waals surface area contributed by atoms with Crippen LogP contribution >= 0.6 is 0 Å². The van der Waals surface area contributed by atoms with E-state index in [1.165, 1.54) is 6.20 Å². The van der Waals surface area contributed by atoms with Gasteiger partial charge >= 0.3 is 5.91 Å². The molecule has 2 rings (SSSR count). The van der Waals surface area contributed by atoms with Crippen LogP contribution in [0.1, 0.15) is 10.4 Å². The van der Waals surface area contributed by atoms with E-state index in [1.54, 1.807) is 35.4 Å². The summed E-state index contributed by atoms with van der Waals surface area (Å²) < 4.78 is 1.59. The molecule has 0 saturated carbocycles. The molecule has 0 aliphatic carbocycles. The van der Waals surface area contributed by atoms with Gasteiger partial charge in [-0.05, 0) is 12.1 Å². The Morgan fingerprint density at radius 2 is 2.00 bits per heavy atom. The number of pyridine rings is 2. The zero-order chi connectivity index (χ0) is 10.5. The van der Waals surface area contributed by atoms with Crippen molar-refractivity contribution in [2.24, 2.45) is 0 Å². The van der Waals surface area contributed by atoms with Crippen LogP contribution in [-0.4, -0.2) is 10.9 Å². The van der Waals surface area contributed by atoms with Gasteiger partial charge in [-0.15, -0.1) is 5.43 Å². The van der Waals surface area contributed by atoms with E-state index in [9.17, 15) is 4.79 Å². The lowest BCUT2D eigenvalue weighted by molar-refractivity contribution is -0.641.